The van der Waals surface area contributed by atoms with Crippen LogP contribution in [-0.4, -0.2) is 41.5 Å². The van der Waals surface area contributed by atoms with Crippen LogP contribution in [0.3, 0.4) is 0 Å². The minimum atomic E-state index is 0.443. The Morgan fingerprint density at radius 2 is 2.12 bits per heavy atom. The Kier molecular flexibility index (Phi) is 4.96. The topological polar surface area (TPSA) is 41.1 Å². The van der Waals surface area contributed by atoms with Crippen molar-refractivity contribution in [1.29, 1.82) is 0 Å². The number of nitrogens with one attached hydrogen (secondary N) is 1. The van der Waals surface area contributed by atoms with Gasteiger partial charge in [-0.3, -0.25) is 0 Å². The van der Waals surface area contributed by atoms with Crippen molar-refractivity contribution in [2.75, 3.05) is 26.0 Å². The van der Waals surface area contributed by atoms with Gasteiger partial charge in [0, 0.05) is 18.2 Å². The zero-order chi connectivity index (χ0) is 12.1. The van der Waals surface area contributed by atoms with Gasteiger partial charge in [-0.1, -0.05) is 18.5 Å². The van der Waals surface area contributed by atoms with Crippen LogP contribution in [0.15, 0.2) is 6.33 Å². The number of nitrogens with zero attached hydrogens (tertiary/aromatic N) is 3. The highest BCUT2D eigenvalue weighted by molar-refractivity contribution is 6.30. The molecule has 0 radical (unpaired) electrons. The van der Waals surface area contributed by atoms with Crippen molar-refractivity contribution < 1.29 is 0 Å². The third-order valence-electron chi connectivity index (χ3n) is 2.69. The Hall–Kier alpha value is -0.870. The summed E-state index contributed by atoms with van der Waals surface area (Å²) in [6.07, 6.45) is 2.32. The van der Waals surface area contributed by atoms with E-state index in [0.717, 1.165) is 24.3 Å². The lowest BCUT2D eigenvalue weighted by molar-refractivity contribution is 0.326. The summed E-state index contributed by atoms with van der Waals surface area (Å²) in [5, 5.41) is 3.85. The molecule has 1 atom stereocenters. The molecular formula is C11H19ClN4. The molecule has 1 aromatic heterocycles. The molecule has 0 fully saturated rings. The monoisotopic (exact) mass is 242 g/mol. The van der Waals surface area contributed by atoms with Gasteiger partial charge in [-0.05, 0) is 27.4 Å². The van der Waals surface area contributed by atoms with Gasteiger partial charge < -0.3 is 10.2 Å². The zero-order valence-corrected chi connectivity index (χ0v) is 11.0. The minimum Gasteiger partial charge on any atom is -0.368 e. The van der Waals surface area contributed by atoms with E-state index in [1.807, 2.05) is 6.92 Å². The number of anilines is 1. The number of hydrogen-bond acceptors (Lipinski definition) is 4. The summed E-state index contributed by atoms with van der Waals surface area (Å²) >= 11 is 6.01. The van der Waals surface area contributed by atoms with Crippen molar-refractivity contribution in [2.45, 2.75) is 26.3 Å². The Morgan fingerprint density at radius 1 is 1.44 bits per heavy atom. The Morgan fingerprint density at radius 3 is 2.69 bits per heavy atom. The molecule has 4 nitrogen and oxygen atoms in total. The minimum absolute atomic E-state index is 0.443. The molecule has 1 N–H and O–H groups in total. The average molecular weight is 243 g/mol. The molecule has 16 heavy (non-hydrogen) atoms. The summed E-state index contributed by atoms with van der Waals surface area (Å²) in [6, 6.07) is 0.443. The molecule has 5 heteroatoms. The van der Waals surface area contributed by atoms with Gasteiger partial charge in [0.25, 0.3) is 0 Å². The first-order valence-corrected chi connectivity index (χ1v) is 5.83. The molecule has 0 aliphatic carbocycles. The van der Waals surface area contributed by atoms with E-state index in [9.17, 15) is 0 Å². The van der Waals surface area contributed by atoms with E-state index < -0.39 is 0 Å². The van der Waals surface area contributed by atoms with Crippen molar-refractivity contribution >= 4 is 17.4 Å². The smallest absolute Gasteiger partial charge is 0.137 e. The first kappa shape index (κ1) is 13.2. The molecule has 1 rings (SSSR count). The van der Waals surface area contributed by atoms with Crippen molar-refractivity contribution in [3.63, 3.8) is 0 Å². The average Bonchev–Trinajstić information content (AvgIpc) is 2.25. The van der Waals surface area contributed by atoms with E-state index in [-0.39, 0.29) is 0 Å². The molecule has 0 spiro atoms. The number of hydrogen-bond donors (Lipinski definition) is 1. The highest BCUT2D eigenvalue weighted by Gasteiger charge is 2.09. The molecular weight excluding hydrogens is 224 g/mol. The zero-order valence-electron chi connectivity index (χ0n) is 10.3. The predicted octanol–water partition coefficient (Wildman–Crippen LogP) is 2.05. The van der Waals surface area contributed by atoms with Crippen molar-refractivity contribution in [2.24, 2.45) is 0 Å². The normalized spacial score (nSPS) is 12.9. The Balaban J connectivity index is 2.70. The molecule has 0 saturated heterocycles. The third-order valence-corrected chi connectivity index (χ3v) is 3.02. The van der Waals surface area contributed by atoms with Crippen molar-refractivity contribution in [3.05, 3.63) is 17.0 Å². The van der Waals surface area contributed by atoms with Crippen LogP contribution in [0.5, 0.6) is 0 Å². The number of likely N-dealkylation sites (N-methyl/N-ethyl adjacent to an activating group) is 1. The second-order valence-electron chi connectivity index (χ2n) is 4.04. The molecule has 0 bridgehead atoms. The molecule has 0 aliphatic rings. The van der Waals surface area contributed by atoms with Gasteiger partial charge in [0.2, 0.25) is 0 Å². The van der Waals surface area contributed by atoms with Gasteiger partial charge in [0.1, 0.15) is 17.3 Å². The standard InChI is InChI=1S/C11H19ClN4/c1-5-9-10(12)14-7-15-11(9)13-6-8(2)16(3)4/h7-8H,5-6H2,1-4H3,(H,13,14,15). The lowest BCUT2D eigenvalue weighted by Gasteiger charge is -2.21. The van der Waals surface area contributed by atoms with E-state index >= 15 is 0 Å². The number of aromatic nitrogens is 2. The summed E-state index contributed by atoms with van der Waals surface area (Å²) < 4.78 is 0. The van der Waals surface area contributed by atoms with E-state index in [1.54, 1.807) is 0 Å². The Labute approximate surface area is 102 Å². The maximum atomic E-state index is 6.01. The fraction of sp³-hybridized carbons (Fsp3) is 0.636. The van der Waals surface area contributed by atoms with Crippen molar-refractivity contribution in [1.82, 2.24) is 14.9 Å². The van der Waals surface area contributed by atoms with Gasteiger partial charge in [0.05, 0.1) is 0 Å². The van der Waals surface area contributed by atoms with Crippen LogP contribution >= 0.6 is 11.6 Å². The predicted molar refractivity (Wildman–Crippen MR) is 68.1 cm³/mol. The molecule has 1 unspecified atom stereocenters. The van der Waals surface area contributed by atoms with Gasteiger partial charge in [-0.25, -0.2) is 9.97 Å². The molecule has 1 aromatic rings. The highest BCUT2D eigenvalue weighted by Crippen LogP contribution is 2.19. The molecule has 0 saturated carbocycles. The summed E-state index contributed by atoms with van der Waals surface area (Å²) in [7, 11) is 4.11. The van der Waals surface area contributed by atoms with Crippen LogP contribution in [0.1, 0.15) is 19.4 Å². The lowest BCUT2D eigenvalue weighted by Crippen LogP contribution is -2.31. The summed E-state index contributed by atoms with van der Waals surface area (Å²) in [5.74, 6) is 0.844. The van der Waals surface area contributed by atoms with Gasteiger partial charge in [-0.15, -0.1) is 0 Å². The van der Waals surface area contributed by atoms with Crippen LogP contribution in [0, 0.1) is 0 Å². The molecule has 0 aliphatic heterocycles. The fourth-order valence-corrected chi connectivity index (χ4v) is 1.55. The van der Waals surface area contributed by atoms with Gasteiger partial charge in [-0.2, -0.15) is 0 Å². The number of rotatable bonds is 5. The molecule has 0 aromatic carbocycles. The largest absolute Gasteiger partial charge is 0.368 e. The first-order valence-electron chi connectivity index (χ1n) is 5.46. The third kappa shape index (κ3) is 3.32. The van der Waals surface area contributed by atoms with Crippen LogP contribution in [0.4, 0.5) is 5.82 Å². The molecule has 0 amide bonds. The van der Waals surface area contributed by atoms with Crippen LogP contribution in [-0.2, 0) is 6.42 Å². The quantitative estimate of drug-likeness (QED) is 0.803. The van der Waals surface area contributed by atoms with E-state index in [1.165, 1.54) is 6.33 Å². The maximum absolute atomic E-state index is 6.01. The lowest BCUT2D eigenvalue weighted by atomic mass is 10.2. The number of halogens is 1. The maximum Gasteiger partial charge on any atom is 0.137 e. The van der Waals surface area contributed by atoms with E-state index in [0.29, 0.717) is 11.2 Å². The summed E-state index contributed by atoms with van der Waals surface area (Å²) in [6.45, 7) is 5.04. The molecule has 90 valence electrons. The van der Waals surface area contributed by atoms with Crippen LogP contribution in [0.2, 0.25) is 5.15 Å². The first-order chi connectivity index (χ1) is 7.56. The summed E-state index contributed by atoms with van der Waals surface area (Å²) in [4.78, 5) is 10.3. The molecule has 1 heterocycles. The SMILES string of the molecule is CCc1c(Cl)ncnc1NCC(C)N(C)C. The second kappa shape index (κ2) is 6.01. The van der Waals surface area contributed by atoms with E-state index in [2.05, 4.69) is 41.2 Å². The second-order valence-corrected chi connectivity index (χ2v) is 4.40. The van der Waals surface area contributed by atoms with Crippen molar-refractivity contribution in [3.8, 4) is 0 Å². The Bertz CT molecular complexity index is 341. The van der Waals surface area contributed by atoms with Crippen LogP contribution < -0.4 is 5.32 Å². The van der Waals surface area contributed by atoms with Gasteiger partial charge >= 0.3 is 0 Å². The summed E-state index contributed by atoms with van der Waals surface area (Å²) in [5.41, 5.74) is 0.982. The van der Waals surface area contributed by atoms with Gasteiger partial charge in [0.15, 0.2) is 0 Å². The van der Waals surface area contributed by atoms with E-state index in [4.69, 9.17) is 11.6 Å². The van der Waals surface area contributed by atoms with Crippen LogP contribution in [0.25, 0.3) is 0 Å². The highest BCUT2D eigenvalue weighted by atomic mass is 35.5. The fourth-order valence-electron chi connectivity index (χ4n) is 1.28.